The van der Waals surface area contributed by atoms with Crippen molar-refractivity contribution in [1.29, 1.82) is 0 Å². The highest BCUT2D eigenvalue weighted by Crippen LogP contribution is 2.17. The first-order chi connectivity index (χ1) is 6.91. The van der Waals surface area contributed by atoms with Gasteiger partial charge in [-0.15, -0.1) is 0 Å². The maximum absolute atomic E-state index is 11.5. The van der Waals surface area contributed by atoms with E-state index >= 15 is 0 Å². The molecule has 88 valence electrons. The molecule has 0 aliphatic rings. The van der Waals surface area contributed by atoms with Crippen LogP contribution in [-0.2, 0) is 9.59 Å². The van der Waals surface area contributed by atoms with Crippen LogP contribution in [0.4, 0.5) is 0 Å². The Morgan fingerprint density at radius 1 is 1.20 bits per heavy atom. The zero-order chi connectivity index (χ0) is 12.1. The van der Waals surface area contributed by atoms with Gasteiger partial charge in [-0.3, -0.25) is 9.59 Å². The van der Waals surface area contributed by atoms with Crippen molar-refractivity contribution in [2.45, 2.75) is 25.4 Å². The lowest BCUT2D eigenvalue weighted by molar-refractivity contribution is -0.132. The second kappa shape index (κ2) is 5.92. The summed E-state index contributed by atoms with van der Waals surface area (Å²) in [4.78, 5) is 22.9. The van der Waals surface area contributed by atoms with Crippen LogP contribution in [0.2, 0.25) is 0 Å². The Hall–Kier alpha value is -0.820. The third kappa shape index (κ3) is 3.35. The van der Waals surface area contributed by atoms with Crippen molar-refractivity contribution in [1.82, 2.24) is 0 Å². The van der Waals surface area contributed by atoms with Gasteiger partial charge in [-0.1, -0.05) is 13.3 Å². The van der Waals surface area contributed by atoms with E-state index in [4.69, 9.17) is 22.9 Å². The maximum Gasteiger partial charge on any atom is 0.181 e. The second-order valence-electron chi connectivity index (χ2n) is 3.57. The fourth-order valence-corrected chi connectivity index (χ4v) is 1.47. The van der Waals surface area contributed by atoms with E-state index in [0.29, 0.717) is 12.8 Å². The highest BCUT2D eigenvalue weighted by atomic mass is 16.1. The molecule has 0 saturated heterocycles. The Morgan fingerprint density at radius 3 is 2.07 bits per heavy atom. The molecule has 8 N–H and O–H groups in total. The predicted molar refractivity (Wildman–Crippen MR) is 57.6 cm³/mol. The van der Waals surface area contributed by atoms with Crippen molar-refractivity contribution >= 4 is 11.6 Å². The number of ketones is 2. The minimum atomic E-state index is -1.69. The number of Topliss-reactive ketones (excluding diaryl/α,β-unsaturated/α-hetero) is 2. The Kier molecular flexibility index (Phi) is 5.59. The topological polar surface area (TPSA) is 138 Å². The third-order valence-corrected chi connectivity index (χ3v) is 2.41. The van der Waals surface area contributed by atoms with Crippen LogP contribution < -0.4 is 22.9 Å². The van der Waals surface area contributed by atoms with Crippen LogP contribution >= 0.6 is 0 Å². The summed E-state index contributed by atoms with van der Waals surface area (Å²) in [5, 5.41) is 0. The molecule has 0 radical (unpaired) electrons. The van der Waals surface area contributed by atoms with Gasteiger partial charge in [-0.2, -0.15) is 0 Å². The van der Waals surface area contributed by atoms with Gasteiger partial charge in [0.25, 0.3) is 0 Å². The van der Waals surface area contributed by atoms with Crippen LogP contribution in [0.15, 0.2) is 0 Å². The van der Waals surface area contributed by atoms with Crippen molar-refractivity contribution < 1.29 is 9.59 Å². The Bertz CT molecular complexity index is 240. The van der Waals surface area contributed by atoms with Crippen LogP contribution in [0.3, 0.4) is 0 Å². The zero-order valence-corrected chi connectivity index (χ0v) is 9.03. The summed E-state index contributed by atoms with van der Waals surface area (Å²) >= 11 is 0. The molecule has 1 unspecified atom stereocenters. The van der Waals surface area contributed by atoms with E-state index in [0.717, 1.165) is 0 Å². The summed E-state index contributed by atoms with van der Waals surface area (Å²) in [6.45, 7) is 1.43. The summed E-state index contributed by atoms with van der Waals surface area (Å²) < 4.78 is 0. The number of hydrogen-bond acceptors (Lipinski definition) is 6. The number of rotatable bonds is 7. The summed E-state index contributed by atoms with van der Waals surface area (Å²) in [5.41, 5.74) is 20.0. The van der Waals surface area contributed by atoms with Crippen molar-refractivity contribution in [3.8, 4) is 0 Å². The number of carbonyl (C=O) groups excluding carboxylic acids is 2. The Morgan fingerprint density at radius 2 is 1.73 bits per heavy atom. The third-order valence-electron chi connectivity index (χ3n) is 2.41. The summed E-state index contributed by atoms with van der Waals surface area (Å²) in [7, 11) is 0. The minimum Gasteiger partial charge on any atom is -0.324 e. The first-order valence-electron chi connectivity index (χ1n) is 4.95. The van der Waals surface area contributed by atoms with Crippen LogP contribution in [-0.4, -0.2) is 30.3 Å². The summed E-state index contributed by atoms with van der Waals surface area (Å²) in [6.07, 6.45) is 1.14. The maximum atomic E-state index is 11.5. The van der Waals surface area contributed by atoms with Crippen molar-refractivity contribution in [2.24, 2.45) is 28.9 Å². The first kappa shape index (κ1) is 14.2. The van der Waals surface area contributed by atoms with Gasteiger partial charge in [-0.05, 0) is 6.42 Å². The fraction of sp³-hybridized carbons (Fsp3) is 0.778. The Balaban J connectivity index is 4.88. The second-order valence-corrected chi connectivity index (χ2v) is 3.57. The predicted octanol–water partition coefficient (Wildman–Crippen LogP) is -1.93. The van der Waals surface area contributed by atoms with Gasteiger partial charge >= 0.3 is 0 Å². The normalized spacial score (nSPS) is 13.7. The van der Waals surface area contributed by atoms with Crippen LogP contribution in [0, 0.1) is 5.92 Å². The van der Waals surface area contributed by atoms with E-state index in [1.54, 1.807) is 0 Å². The van der Waals surface area contributed by atoms with Gasteiger partial charge in [0.1, 0.15) is 5.66 Å². The fourth-order valence-electron chi connectivity index (χ4n) is 1.47. The molecule has 0 amide bonds. The largest absolute Gasteiger partial charge is 0.324 e. The van der Waals surface area contributed by atoms with E-state index in [1.807, 2.05) is 6.92 Å². The van der Waals surface area contributed by atoms with Crippen LogP contribution in [0.25, 0.3) is 0 Å². The van der Waals surface area contributed by atoms with Crippen molar-refractivity contribution in [2.75, 3.05) is 13.1 Å². The van der Waals surface area contributed by atoms with Gasteiger partial charge in [-0.25, -0.2) is 0 Å². The molecule has 6 nitrogen and oxygen atoms in total. The molecule has 6 heteroatoms. The molecule has 0 bridgehead atoms. The van der Waals surface area contributed by atoms with E-state index in [9.17, 15) is 9.59 Å². The molecule has 0 aromatic carbocycles. The SMILES string of the molecule is CCCC(C(=O)CN)C(N)(N)C(=O)CN. The van der Waals surface area contributed by atoms with Gasteiger partial charge in [0.2, 0.25) is 0 Å². The molecule has 0 heterocycles. The lowest BCUT2D eigenvalue weighted by Crippen LogP contribution is -2.65. The van der Waals surface area contributed by atoms with E-state index < -0.39 is 17.4 Å². The van der Waals surface area contributed by atoms with Crippen molar-refractivity contribution in [3.63, 3.8) is 0 Å². The van der Waals surface area contributed by atoms with Crippen LogP contribution in [0.5, 0.6) is 0 Å². The zero-order valence-electron chi connectivity index (χ0n) is 9.03. The highest BCUT2D eigenvalue weighted by molar-refractivity contribution is 5.96. The Labute approximate surface area is 89.3 Å². The van der Waals surface area contributed by atoms with Gasteiger partial charge < -0.3 is 22.9 Å². The molecule has 0 aliphatic heterocycles. The number of carbonyl (C=O) groups is 2. The lowest BCUT2D eigenvalue weighted by Gasteiger charge is -2.30. The molecule has 0 aliphatic carbocycles. The molecule has 0 fully saturated rings. The molecule has 0 spiro atoms. The quantitative estimate of drug-likeness (QED) is 0.366. The molecular formula is C9H20N4O2. The lowest BCUT2D eigenvalue weighted by atomic mass is 9.83. The average molecular weight is 216 g/mol. The monoisotopic (exact) mass is 216 g/mol. The van der Waals surface area contributed by atoms with Gasteiger partial charge in [0.15, 0.2) is 11.6 Å². The first-order valence-corrected chi connectivity index (χ1v) is 4.95. The summed E-state index contributed by atoms with van der Waals surface area (Å²) in [5.74, 6) is -1.57. The number of hydrogen-bond donors (Lipinski definition) is 4. The standard InChI is InChI=1S/C9H20N4O2/c1-2-3-6(7(14)4-10)9(12,13)8(15)5-11/h6H,2-5,10-13H2,1H3. The molecular weight excluding hydrogens is 196 g/mol. The number of nitrogens with two attached hydrogens (primary N) is 4. The molecule has 0 rings (SSSR count). The molecule has 15 heavy (non-hydrogen) atoms. The van der Waals surface area contributed by atoms with Gasteiger partial charge in [0, 0.05) is 0 Å². The molecule has 0 saturated carbocycles. The average Bonchev–Trinajstić information content (AvgIpc) is 2.23. The molecule has 0 aromatic heterocycles. The van der Waals surface area contributed by atoms with Gasteiger partial charge in [0.05, 0.1) is 19.0 Å². The van der Waals surface area contributed by atoms with Crippen LogP contribution in [0.1, 0.15) is 19.8 Å². The molecule has 0 aromatic rings. The minimum absolute atomic E-state index is 0.168. The highest BCUT2D eigenvalue weighted by Gasteiger charge is 2.40. The van der Waals surface area contributed by atoms with E-state index in [-0.39, 0.29) is 18.9 Å². The van der Waals surface area contributed by atoms with E-state index in [2.05, 4.69) is 0 Å². The molecule has 1 atom stereocenters. The van der Waals surface area contributed by atoms with E-state index in [1.165, 1.54) is 0 Å². The summed E-state index contributed by atoms with van der Waals surface area (Å²) in [6, 6.07) is 0. The smallest absolute Gasteiger partial charge is 0.181 e. The van der Waals surface area contributed by atoms with Crippen molar-refractivity contribution in [3.05, 3.63) is 0 Å².